The number of hydrogen-bond acceptors (Lipinski definition) is 3. The van der Waals surface area contributed by atoms with Crippen molar-refractivity contribution in [2.24, 2.45) is 0 Å². The molecule has 0 bridgehead atoms. The van der Waals surface area contributed by atoms with E-state index in [0.29, 0.717) is 5.75 Å². The summed E-state index contributed by atoms with van der Waals surface area (Å²) in [6, 6.07) is 7.28. The van der Waals surface area contributed by atoms with Crippen molar-refractivity contribution in [2.75, 3.05) is 6.61 Å². The number of carboxylic acid groups (broad SMARTS) is 2. The molecule has 0 aliphatic heterocycles. The van der Waals surface area contributed by atoms with Crippen LogP contribution in [-0.4, -0.2) is 28.8 Å². The van der Waals surface area contributed by atoms with Gasteiger partial charge in [-0.1, -0.05) is 12.1 Å². The first-order valence-corrected chi connectivity index (χ1v) is 5.30. The molecule has 0 aliphatic rings. The molecule has 6 heteroatoms. The average Bonchev–Trinajstić information content (AvgIpc) is 2.15. The van der Waals surface area contributed by atoms with E-state index < -0.39 is 11.9 Å². The zero-order chi connectivity index (χ0) is 12.6. The maximum Gasteiger partial charge on any atom is 0.341 e. The van der Waals surface area contributed by atoms with E-state index in [1.165, 1.54) is 0 Å². The standard InChI is InChI=1S/C8H7IO3.C2H4O2/c9-6-3-1-2-4-7(6)12-5-8(10)11;1-2(3)4/h1-4H,5H2,(H,10,11);1H3,(H,3,4). The van der Waals surface area contributed by atoms with Crippen molar-refractivity contribution < 1.29 is 24.5 Å². The Morgan fingerprint density at radius 1 is 1.31 bits per heavy atom. The highest BCUT2D eigenvalue weighted by Crippen LogP contribution is 2.19. The summed E-state index contributed by atoms with van der Waals surface area (Å²) in [6.07, 6.45) is 0. The van der Waals surface area contributed by atoms with Gasteiger partial charge in [0, 0.05) is 6.92 Å². The fraction of sp³-hybridized carbons (Fsp3) is 0.200. The van der Waals surface area contributed by atoms with Gasteiger partial charge in [0.05, 0.1) is 3.57 Å². The van der Waals surface area contributed by atoms with E-state index in [-0.39, 0.29) is 6.61 Å². The maximum absolute atomic E-state index is 10.2. The summed E-state index contributed by atoms with van der Waals surface area (Å²) < 4.78 is 5.90. The van der Waals surface area contributed by atoms with E-state index in [0.717, 1.165) is 10.5 Å². The first kappa shape index (κ1) is 14.7. The zero-order valence-corrected chi connectivity index (χ0v) is 10.7. The van der Waals surface area contributed by atoms with E-state index in [1.807, 2.05) is 12.1 Å². The van der Waals surface area contributed by atoms with Gasteiger partial charge in [-0.3, -0.25) is 4.79 Å². The van der Waals surface area contributed by atoms with Gasteiger partial charge in [-0.2, -0.15) is 0 Å². The molecule has 0 heterocycles. The Kier molecular flexibility index (Phi) is 7.27. The SMILES string of the molecule is CC(=O)O.O=C(O)COc1ccccc1I. The third-order valence-electron chi connectivity index (χ3n) is 1.19. The van der Waals surface area contributed by atoms with Crippen molar-refractivity contribution in [3.05, 3.63) is 27.8 Å². The fourth-order valence-corrected chi connectivity index (χ4v) is 1.24. The van der Waals surface area contributed by atoms with E-state index in [4.69, 9.17) is 19.7 Å². The maximum atomic E-state index is 10.2. The van der Waals surface area contributed by atoms with Crippen LogP contribution < -0.4 is 4.74 Å². The lowest BCUT2D eigenvalue weighted by molar-refractivity contribution is -0.139. The van der Waals surface area contributed by atoms with Crippen molar-refractivity contribution >= 4 is 34.5 Å². The van der Waals surface area contributed by atoms with Gasteiger partial charge in [0.2, 0.25) is 0 Å². The van der Waals surface area contributed by atoms with Gasteiger partial charge in [-0.15, -0.1) is 0 Å². The summed E-state index contributed by atoms with van der Waals surface area (Å²) in [6.45, 7) is 0.792. The molecular weight excluding hydrogens is 327 g/mol. The Morgan fingerprint density at radius 2 is 1.81 bits per heavy atom. The number of rotatable bonds is 3. The molecule has 1 rings (SSSR count). The smallest absolute Gasteiger partial charge is 0.341 e. The quantitative estimate of drug-likeness (QED) is 0.822. The molecule has 0 aromatic heterocycles. The molecule has 0 fully saturated rings. The van der Waals surface area contributed by atoms with Gasteiger partial charge in [0.1, 0.15) is 5.75 Å². The van der Waals surface area contributed by atoms with Gasteiger partial charge in [0.15, 0.2) is 6.61 Å². The van der Waals surface area contributed by atoms with E-state index in [1.54, 1.807) is 12.1 Å². The van der Waals surface area contributed by atoms with Crippen LogP contribution in [0.25, 0.3) is 0 Å². The summed E-state index contributed by atoms with van der Waals surface area (Å²) in [7, 11) is 0. The van der Waals surface area contributed by atoms with Crippen LogP contribution in [0, 0.1) is 3.57 Å². The summed E-state index contributed by atoms with van der Waals surface area (Å²) in [4.78, 5) is 19.2. The first-order chi connectivity index (χ1) is 7.43. The third-order valence-corrected chi connectivity index (χ3v) is 2.08. The molecule has 1 aromatic rings. The largest absolute Gasteiger partial charge is 0.481 e. The van der Waals surface area contributed by atoms with Crippen LogP contribution in [0.1, 0.15) is 6.92 Å². The second-order valence-electron chi connectivity index (χ2n) is 2.63. The average molecular weight is 338 g/mol. The highest BCUT2D eigenvalue weighted by atomic mass is 127. The van der Waals surface area contributed by atoms with Crippen LogP contribution in [0.5, 0.6) is 5.75 Å². The Bertz CT molecular complexity index is 360. The van der Waals surface area contributed by atoms with Gasteiger partial charge in [0.25, 0.3) is 5.97 Å². The number of carbonyl (C=O) groups is 2. The normalized spacial score (nSPS) is 8.62. The van der Waals surface area contributed by atoms with E-state index >= 15 is 0 Å². The summed E-state index contributed by atoms with van der Waals surface area (Å²) in [5.74, 6) is -1.19. The Balaban J connectivity index is 0.000000487. The highest BCUT2D eigenvalue weighted by Gasteiger charge is 2.01. The summed E-state index contributed by atoms with van der Waals surface area (Å²) in [5.41, 5.74) is 0. The predicted molar refractivity (Wildman–Crippen MR) is 65.6 cm³/mol. The van der Waals surface area contributed by atoms with Crippen molar-refractivity contribution in [1.82, 2.24) is 0 Å². The van der Waals surface area contributed by atoms with Crippen LogP contribution in [0.2, 0.25) is 0 Å². The molecule has 0 unspecified atom stereocenters. The molecule has 1 aromatic carbocycles. The third kappa shape index (κ3) is 8.04. The number of hydrogen-bond donors (Lipinski definition) is 2. The molecule has 16 heavy (non-hydrogen) atoms. The van der Waals surface area contributed by atoms with Crippen LogP contribution >= 0.6 is 22.6 Å². The second kappa shape index (κ2) is 7.91. The highest BCUT2D eigenvalue weighted by molar-refractivity contribution is 14.1. The van der Waals surface area contributed by atoms with E-state index in [2.05, 4.69) is 22.6 Å². The van der Waals surface area contributed by atoms with E-state index in [9.17, 15) is 4.79 Å². The lowest BCUT2D eigenvalue weighted by Crippen LogP contribution is -2.09. The minimum atomic E-state index is -0.963. The van der Waals surface area contributed by atoms with Gasteiger partial charge in [-0.25, -0.2) is 4.79 Å². The molecule has 5 nitrogen and oxygen atoms in total. The Labute approximate surface area is 106 Å². The van der Waals surface area contributed by atoms with Crippen molar-refractivity contribution in [1.29, 1.82) is 0 Å². The Morgan fingerprint density at radius 3 is 2.25 bits per heavy atom. The fourth-order valence-electron chi connectivity index (χ4n) is 0.701. The van der Waals surface area contributed by atoms with Crippen molar-refractivity contribution in [3.63, 3.8) is 0 Å². The molecule has 0 saturated carbocycles. The number of aliphatic carboxylic acids is 2. The molecular formula is C10H11IO5. The lowest BCUT2D eigenvalue weighted by atomic mass is 10.3. The number of ether oxygens (including phenoxy) is 1. The number of halogens is 1. The van der Waals surface area contributed by atoms with Crippen LogP contribution in [-0.2, 0) is 9.59 Å². The van der Waals surface area contributed by atoms with Gasteiger partial charge >= 0.3 is 5.97 Å². The van der Waals surface area contributed by atoms with Crippen molar-refractivity contribution in [3.8, 4) is 5.75 Å². The second-order valence-corrected chi connectivity index (χ2v) is 3.79. The molecule has 0 radical (unpaired) electrons. The molecule has 0 aliphatic carbocycles. The summed E-state index contributed by atoms with van der Waals surface area (Å²) in [5, 5.41) is 15.8. The Hall–Kier alpha value is -1.31. The van der Waals surface area contributed by atoms with Crippen LogP contribution in [0.15, 0.2) is 24.3 Å². The molecule has 88 valence electrons. The molecule has 0 spiro atoms. The lowest BCUT2D eigenvalue weighted by Gasteiger charge is -2.03. The predicted octanol–water partition coefficient (Wildman–Crippen LogP) is 1.85. The molecule has 0 atom stereocenters. The van der Waals surface area contributed by atoms with Crippen LogP contribution in [0.4, 0.5) is 0 Å². The number of benzene rings is 1. The topological polar surface area (TPSA) is 83.8 Å². The monoisotopic (exact) mass is 338 g/mol. The number of para-hydroxylation sites is 1. The number of carboxylic acids is 2. The zero-order valence-electron chi connectivity index (χ0n) is 8.51. The molecule has 2 N–H and O–H groups in total. The van der Waals surface area contributed by atoms with Crippen molar-refractivity contribution in [2.45, 2.75) is 6.92 Å². The summed E-state index contributed by atoms with van der Waals surface area (Å²) >= 11 is 2.09. The first-order valence-electron chi connectivity index (χ1n) is 4.22. The van der Waals surface area contributed by atoms with Gasteiger partial charge in [-0.05, 0) is 34.7 Å². The molecule has 0 amide bonds. The van der Waals surface area contributed by atoms with Gasteiger partial charge < -0.3 is 14.9 Å². The minimum absolute atomic E-state index is 0.292. The molecule has 0 saturated heterocycles. The minimum Gasteiger partial charge on any atom is -0.481 e. The van der Waals surface area contributed by atoms with Crippen LogP contribution in [0.3, 0.4) is 0 Å².